The molecule has 1 atom stereocenters. The normalized spacial score (nSPS) is 18.8. The Bertz CT molecular complexity index is 456. The number of hydrogen-bond acceptors (Lipinski definition) is 6. The number of carbonyl (C=O) groups is 2. The van der Waals surface area contributed by atoms with Crippen LogP contribution in [0, 0.1) is 5.41 Å². The maximum Gasteiger partial charge on any atom is 0.410 e. The summed E-state index contributed by atoms with van der Waals surface area (Å²) in [5.74, 6) is -0.413. The summed E-state index contributed by atoms with van der Waals surface area (Å²) in [7, 11) is 3.72. The molecule has 0 saturated carbocycles. The molecule has 7 nitrogen and oxygen atoms in total. The van der Waals surface area contributed by atoms with E-state index in [-0.39, 0.29) is 18.6 Å². The van der Waals surface area contributed by atoms with Crippen molar-refractivity contribution in [1.82, 2.24) is 9.80 Å². The Balaban J connectivity index is 2.78. The summed E-state index contributed by atoms with van der Waals surface area (Å²) in [4.78, 5) is 28.1. The van der Waals surface area contributed by atoms with E-state index in [1.807, 2.05) is 39.8 Å². The molecule has 1 amide bonds. The van der Waals surface area contributed by atoms with E-state index in [0.717, 1.165) is 0 Å². The van der Waals surface area contributed by atoms with E-state index in [0.29, 0.717) is 32.5 Å². The van der Waals surface area contributed by atoms with Crippen LogP contribution < -0.4 is 0 Å². The van der Waals surface area contributed by atoms with Gasteiger partial charge in [-0.15, -0.1) is 0 Å². The quantitative estimate of drug-likeness (QED) is 0.563. The zero-order valence-corrected chi connectivity index (χ0v) is 16.6. The van der Waals surface area contributed by atoms with E-state index in [2.05, 4.69) is 0 Å². The lowest BCUT2D eigenvalue weighted by Crippen LogP contribution is -2.50. The third-order valence-electron chi connectivity index (χ3n) is 4.19. The van der Waals surface area contributed by atoms with Gasteiger partial charge in [0.25, 0.3) is 0 Å². The van der Waals surface area contributed by atoms with Crippen molar-refractivity contribution in [2.24, 2.45) is 5.41 Å². The van der Waals surface area contributed by atoms with Crippen LogP contribution >= 0.6 is 11.6 Å². The van der Waals surface area contributed by atoms with E-state index in [4.69, 9.17) is 21.1 Å². The molecule has 1 aliphatic heterocycles. The highest BCUT2D eigenvalue weighted by Crippen LogP contribution is 2.38. The number of amides is 1. The lowest BCUT2D eigenvalue weighted by Gasteiger charge is -2.41. The zero-order chi connectivity index (χ0) is 19.3. The Hall–Kier alpha value is -1.05. The summed E-state index contributed by atoms with van der Waals surface area (Å²) in [5.41, 5.74) is -1.39. The number of aliphatic hydroxyl groups is 1. The number of esters is 1. The number of ether oxygens (including phenoxy) is 2. The van der Waals surface area contributed by atoms with Gasteiger partial charge in [-0.2, -0.15) is 0 Å². The molecule has 8 heteroatoms. The maximum atomic E-state index is 12.5. The highest BCUT2D eigenvalue weighted by molar-refractivity contribution is 6.17. The molecule has 0 spiro atoms. The van der Waals surface area contributed by atoms with Crippen molar-refractivity contribution in [2.45, 2.75) is 51.7 Å². The summed E-state index contributed by atoms with van der Waals surface area (Å²) in [5, 5.41) is 10.3. The molecule has 0 aromatic heterocycles. The minimum atomic E-state index is -0.831. The molecular weight excluding hydrogens is 348 g/mol. The van der Waals surface area contributed by atoms with Crippen molar-refractivity contribution in [2.75, 3.05) is 39.8 Å². The number of likely N-dealkylation sites (N-methyl/N-ethyl adjacent to an activating group) is 1. The fraction of sp³-hybridized carbons (Fsp3) is 0.882. The van der Waals surface area contributed by atoms with Gasteiger partial charge in [0, 0.05) is 19.6 Å². The molecule has 0 aromatic rings. The first kappa shape index (κ1) is 22.0. The van der Waals surface area contributed by atoms with Gasteiger partial charge in [0.05, 0.1) is 11.5 Å². The van der Waals surface area contributed by atoms with Crippen molar-refractivity contribution in [3.8, 4) is 0 Å². The van der Waals surface area contributed by atoms with Crippen molar-refractivity contribution in [3.63, 3.8) is 0 Å². The number of hydrogen-bond donors (Lipinski definition) is 1. The van der Waals surface area contributed by atoms with Crippen LogP contribution in [0.5, 0.6) is 0 Å². The van der Waals surface area contributed by atoms with Gasteiger partial charge in [-0.25, -0.2) is 4.79 Å². The summed E-state index contributed by atoms with van der Waals surface area (Å²) in [6, 6.07) is -0.222. The second-order valence-corrected chi connectivity index (χ2v) is 8.13. The average Bonchev–Trinajstić information content (AvgIpc) is 2.45. The van der Waals surface area contributed by atoms with Crippen molar-refractivity contribution >= 4 is 23.7 Å². The number of alkyl halides is 1. The van der Waals surface area contributed by atoms with Gasteiger partial charge in [-0.3, -0.25) is 4.79 Å². The number of carbonyl (C=O) groups excluding carboxylic acids is 2. The van der Waals surface area contributed by atoms with Crippen LogP contribution in [-0.2, 0) is 14.3 Å². The first-order valence-electron chi connectivity index (χ1n) is 8.53. The molecule has 0 radical (unpaired) electrons. The van der Waals surface area contributed by atoms with Crippen LogP contribution in [0.25, 0.3) is 0 Å². The summed E-state index contributed by atoms with van der Waals surface area (Å²) in [6.45, 7) is 6.64. The lowest BCUT2D eigenvalue weighted by molar-refractivity contribution is -0.159. The molecule has 1 heterocycles. The van der Waals surface area contributed by atoms with Crippen molar-refractivity contribution < 1.29 is 24.2 Å². The van der Waals surface area contributed by atoms with Crippen molar-refractivity contribution in [3.05, 3.63) is 0 Å². The minimum Gasteiger partial charge on any atom is -0.449 e. The molecule has 1 rings (SSSR count). The predicted octanol–water partition coefficient (Wildman–Crippen LogP) is 2.06. The van der Waals surface area contributed by atoms with Crippen LogP contribution in [0.3, 0.4) is 0 Å². The van der Waals surface area contributed by atoms with Crippen molar-refractivity contribution in [1.29, 1.82) is 0 Å². The van der Waals surface area contributed by atoms with Crippen LogP contribution in [0.15, 0.2) is 0 Å². The number of nitrogens with zero attached hydrogens (tertiary/aromatic N) is 2. The third-order valence-corrected chi connectivity index (χ3v) is 4.30. The number of aliphatic hydroxyl groups excluding tert-OH is 1. The van der Waals surface area contributed by atoms with E-state index < -0.39 is 23.1 Å². The summed E-state index contributed by atoms with van der Waals surface area (Å²) < 4.78 is 10.4. The van der Waals surface area contributed by atoms with Crippen LogP contribution in [0.4, 0.5) is 4.79 Å². The largest absolute Gasteiger partial charge is 0.449 e. The molecular formula is C17H31ClN2O5. The van der Waals surface area contributed by atoms with Gasteiger partial charge in [0.15, 0.2) is 6.07 Å². The molecule has 0 aromatic carbocycles. The van der Waals surface area contributed by atoms with Crippen LogP contribution in [0.2, 0.25) is 0 Å². The summed E-state index contributed by atoms with van der Waals surface area (Å²) in [6.07, 6.45) is 0.0497. The highest BCUT2D eigenvalue weighted by atomic mass is 35.5. The molecule has 1 saturated heterocycles. The lowest BCUT2D eigenvalue weighted by atomic mass is 9.74. The maximum absolute atomic E-state index is 12.5. The zero-order valence-electron chi connectivity index (χ0n) is 15.9. The molecule has 1 fully saturated rings. The number of halogens is 1. The predicted molar refractivity (Wildman–Crippen MR) is 95.5 cm³/mol. The van der Waals surface area contributed by atoms with Gasteiger partial charge in [-0.05, 0) is 54.1 Å². The average molecular weight is 379 g/mol. The SMILES string of the molecule is CN(C)CC(O)CC1(C(=O)OCCl)CCN(C(=O)OC(C)(C)C)CC1. The first-order valence-corrected chi connectivity index (χ1v) is 9.06. The van der Waals surface area contributed by atoms with Gasteiger partial charge < -0.3 is 24.4 Å². The van der Waals surface area contributed by atoms with Crippen LogP contribution in [0.1, 0.15) is 40.0 Å². The van der Waals surface area contributed by atoms with Gasteiger partial charge >= 0.3 is 12.1 Å². The molecule has 0 aliphatic carbocycles. The Kier molecular flexibility index (Phi) is 7.96. The van der Waals surface area contributed by atoms with Crippen LogP contribution in [-0.4, -0.2) is 78.5 Å². The van der Waals surface area contributed by atoms with E-state index in [1.54, 1.807) is 4.90 Å². The van der Waals surface area contributed by atoms with Gasteiger partial charge in [-0.1, -0.05) is 11.6 Å². The molecule has 0 bridgehead atoms. The van der Waals surface area contributed by atoms with E-state index in [9.17, 15) is 14.7 Å². The second kappa shape index (κ2) is 9.05. The monoisotopic (exact) mass is 378 g/mol. The third kappa shape index (κ3) is 6.99. The van der Waals surface area contributed by atoms with E-state index in [1.165, 1.54) is 0 Å². The topological polar surface area (TPSA) is 79.3 Å². The fourth-order valence-corrected chi connectivity index (χ4v) is 3.17. The highest BCUT2D eigenvalue weighted by Gasteiger charge is 2.45. The smallest absolute Gasteiger partial charge is 0.410 e. The first-order chi connectivity index (χ1) is 11.5. The Morgan fingerprint density at radius 3 is 2.28 bits per heavy atom. The Labute approximate surface area is 155 Å². The Morgan fingerprint density at radius 1 is 1.28 bits per heavy atom. The van der Waals surface area contributed by atoms with E-state index >= 15 is 0 Å². The molecule has 25 heavy (non-hydrogen) atoms. The number of rotatable bonds is 6. The number of likely N-dealkylation sites (tertiary alicyclic amines) is 1. The minimum absolute atomic E-state index is 0.222. The summed E-state index contributed by atoms with van der Waals surface area (Å²) >= 11 is 5.55. The Morgan fingerprint density at radius 2 is 1.84 bits per heavy atom. The van der Waals surface area contributed by atoms with Gasteiger partial charge in [0.1, 0.15) is 5.60 Å². The second-order valence-electron chi connectivity index (χ2n) is 7.91. The standard InChI is InChI=1S/C17H31ClN2O5/c1-16(2,3)25-15(23)20-8-6-17(7-9-20,14(22)24-12-18)10-13(21)11-19(4)5/h13,21H,6-12H2,1-5H3. The molecule has 1 aliphatic rings. The molecule has 1 N–H and O–H groups in total. The molecule has 1 unspecified atom stereocenters. The molecule has 146 valence electrons. The number of piperidine rings is 1. The van der Waals surface area contributed by atoms with Gasteiger partial charge in [0.2, 0.25) is 0 Å². The fourth-order valence-electron chi connectivity index (χ4n) is 3.08.